The van der Waals surface area contributed by atoms with E-state index >= 15 is 0 Å². The standard InChI is InChI=1S/C15H27N3O/c1-3-15(4-2,12-19)16-11-13-9-10-18(17-13)14-7-5-6-8-14/h9-10,14,16,19H,3-8,11-12H2,1-2H3. The quantitative estimate of drug-likeness (QED) is 0.797. The fraction of sp³-hybridized carbons (Fsp3) is 0.800. The number of aliphatic hydroxyl groups is 1. The van der Waals surface area contributed by atoms with Crippen molar-refractivity contribution in [3.05, 3.63) is 18.0 Å². The van der Waals surface area contributed by atoms with Gasteiger partial charge in [-0.1, -0.05) is 26.7 Å². The average Bonchev–Trinajstić information content (AvgIpc) is 3.12. The molecule has 0 aromatic carbocycles. The Kier molecular flexibility index (Phi) is 4.99. The highest BCUT2D eigenvalue weighted by Crippen LogP contribution is 2.28. The van der Waals surface area contributed by atoms with Crippen molar-refractivity contribution in [2.24, 2.45) is 0 Å². The summed E-state index contributed by atoms with van der Waals surface area (Å²) >= 11 is 0. The number of nitrogens with one attached hydrogen (secondary N) is 1. The zero-order valence-corrected chi connectivity index (χ0v) is 12.2. The van der Waals surface area contributed by atoms with Gasteiger partial charge in [0.1, 0.15) is 0 Å². The molecule has 19 heavy (non-hydrogen) atoms. The summed E-state index contributed by atoms with van der Waals surface area (Å²) in [5, 5.41) is 17.7. The van der Waals surface area contributed by atoms with Crippen LogP contribution in [0.25, 0.3) is 0 Å². The maximum absolute atomic E-state index is 9.54. The predicted octanol–water partition coefficient (Wildman–Crippen LogP) is 2.64. The molecule has 0 saturated heterocycles. The van der Waals surface area contributed by atoms with Gasteiger partial charge in [0.05, 0.1) is 18.3 Å². The second-order valence-corrected chi connectivity index (χ2v) is 5.72. The topological polar surface area (TPSA) is 50.1 Å². The Morgan fingerprint density at radius 1 is 1.37 bits per heavy atom. The van der Waals surface area contributed by atoms with Crippen molar-refractivity contribution in [1.29, 1.82) is 0 Å². The van der Waals surface area contributed by atoms with Crippen LogP contribution in [0.3, 0.4) is 0 Å². The lowest BCUT2D eigenvalue weighted by atomic mass is 9.94. The molecule has 2 rings (SSSR count). The van der Waals surface area contributed by atoms with E-state index in [-0.39, 0.29) is 12.1 Å². The van der Waals surface area contributed by atoms with E-state index in [0.29, 0.717) is 6.04 Å². The van der Waals surface area contributed by atoms with E-state index in [4.69, 9.17) is 0 Å². The summed E-state index contributed by atoms with van der Waals surface area (Å²) in [5.41, 5.74) is 0.920. The molecule has 4 nitrogen and oxygen atoms in total. The lowest BCUT2D eigenvalue weighted by molar-refractivity contribution is 0.149. The third-order valence-electron chi connectivity index (χ3n) is 4.66. The van der Waals surface area contributed by atoms with Crippen LogP contribution in [0.15, 0.2) is 12.3 Å². The zero-order valence-electron chi connectivity index (χ0n) is 12.2. The summed E-state index contributed by atoms with van der Waals surface area (Å²) in [6.45, 7) is 5.15. The third kappa shape index (κ3) is 3.37. The lowest BCUT2D eigenvalue weighted by Crippen LogP contribution is -2.47. The maximum atomic E-state index is 9.54. The van der Waals surface area contributed by atoms with Gasteiger partial charge in [0.15, 0.2) is 0 Å². The van der Waals surface area contributed by atoms with Gasteiger partial charge in [-0.3, -0.25) is 4.68 Å². The van der Waals surface area contributed by atoms with Crippen molar-refractivity contribution in [3.63, 3.8) is 0 Å². The van der Waals surface area contributed by atoms with Crippen molar-refractivity contribution in [1.82, 2.24) is 15.1 Å². The molecule has 0 radical (unpaired) electrons. The van der Waals surface area contributed by atoms with Crippen molar-refractivity contribution in [2.45, 2.75) is 70.5 Å². The fourth-order valence-corrected chi connectivity index (χ4v) is 2.90. The molecule has 0 amide bonds. The van der Waals surface area contributed by atoms with Crippen molar-refractivity contribution < 1.29 is 5.11 Å². The van der Waals surface area contributed by atoms with Crippen molar-refractivity contribution in [3.8, 4) is 0 Å². The summed E-state index contributed by atoms with van der Waals surface area (Å²) in [6, 6.07) is 2.70. The van der Waals surface area contributed by atoms with Crippen LogP contribution in [-0.2, 0) is 6.54 Å². The summed E-state index contributed by atoms with van der Waals surface area (Å²) < 4.78 is 2.13. The molecule has 1 heterocycles. The molecule has 0 aliphatic heterocycles. The Labute approximate surface area is 116 Å². The molecule has 1 aliphatic carbocycles. The normalized spacial score (nSPS) is 17.2. The number of aromatic nitrogens is 2. The maximum Gasteiger partial charge on any atom is 0.0762 e. The molecule has 2 N–H and O–H groups in total. The minimum Gasteiger partial charge on any atom is -0.394 e. The molecule has 0 atom stereocenters. The van der Waals surface area contributed by atoms with Crippen molar-refractivity contribution >= 4 is 0 Å². The Hall–Kier alpha value is -0.870. The second-order valence-electron chi connectivity index (χ2n) is 5.72. The zero-order chi connectivity index (χ0) is 13.7. The first kappa shape index (κ1) is 14.5. The molecule has 1 aliphatic rings. The highest BCUT2D eigenvalue weighted by atomic mass is 16.3. The first-order valence-corrected chi connectivity index (χ1v) is 7.63. The van der Waals surface area contributed by atoms with Crippen LogP contribution in [-0.4, -0.2) is 27.0 Å². The van der Waals surface area contributed by atoms with E-state index in [2.05, 4.69) is 41.2 Å². The molecule has 1 saturated carbocycles. The summed E-state index contributed by atoms with van der Waals surface area (Å²) in [7, 11) is 0. The van der Waals surface area contributed by atoms with Gasteiger partial charge in [0.25, 0.3) is 0 Å². The van der Waals surface area contributed by atoms with E-state index in [0.717, 1.165) is 25.1 Å². The van der Waals surface area contributed by atoms with E-state index in [1.54, 1.807) is 0 Å². The lowest BCUT2D eigenvalue weighted by Gasteiger charge is -2.30. The van der Waals surface area contributed by atoms with Crippen LogP contribution >= 0.6 is 0 Å². The molecule has 0 spiro atoms. The van der Waals surface area contributed by atoms with E-state index in [9.17, 15) is 5.11 Å². The minimum absolute atomic E-state index is 0.156. The van der Waals surface area contributed by atoms with Gasteiger partial charge in [-0.05, 0) is 31.7 Å². The second kappa shape index (κ2) is 6.53. The number of hydrogen-bond acceptors (Lipinski definition) is 3. The van der Waals surface area contributed by atoms with Crippen LogP contribution in [0.2, 0.25) is 0 Å². The van der Waals surface area contributed by atoms with E-state index < -0.39 is 0 Å². The summed E-state index contributed by atoms with van der Waals surface area (Å²) in [4.78, 5) is 0. The molecule has 108 valence electrons. The smallest absolute Gasteiger partial charge is 0.0762 e. The van der Waals surface area contributed by atoms with Gasteiger partial charge >= 0.3 is 0 Å². The number of nitrogens with zero attached hydrogens (tertiary/aromatic N) is 2. The van der Waals surface area contributed by atoms with Gasteiger partial charge in [-0.25, -0.2) is 0 Å². The Morgan fingerprint density at radius 3 is 2.63 bits per heavy atom. The molecule has 0 unspecified atom stereocenters. The van der Waals surface area contributed by atoms with Gasteiger partial charge < -0.3 is 10.4 Å². The minimum atomic E-state index is -0.156. The number of rotatable bonds is 7. The molecule has 0 bridgehead atoms. The van der Waals surface area contributed by atoms with Crippen LogP contribution in [0.5, 0.6) is 0 Å². The first-order valence-electron chi connectivity index (χ1n) is 7.63. The first-order chi connectivity index (χ1) is 9.23. The van der Waals surface area contributed by atoms with Gasteiger partial charge in [-0.15, -0.1) is 0 Å². The van der Waals surface area contributed by atoms with E-state index in [1.807, 2.05) is 0 Å². The average molecular weight is 265 g/mol. The SMILES string of the molecule is CCC(CC)(CO)NCc1ccn(C2CCCC2)n1. The van der Waals surface area contributed by atoms with Gasteiger partial charge in [0.2, 0.25) is 0 Å². The van der Waals surface area contributed by atoms with Gasteiger partial charge in [0, 0.05) is 18.3 Å². The van der Waals surface area contributed by atoms with Crippen LogP contribution in [0, 0.1) is 0 Å². The van der Waals surface area contributed by atoms with Crippen LogP contribution in [0.4, 0.5) is 0 Å². The Bertz CT molecular complexity index is 370. The molecule has 4 heteroatoms. The molecular formula is C15H27N3O. The van der Waals surface area contributed by atoms with E-state index in [1.165, 1.54) is 25.7 Å². The highest BCUT2D eigenvalue weighted by molar-refractivity contribution is 5.01. The highest BCUT2D eigenvalue weighted by Gasteiger charge is 2.24. The number of hydrogen-bond donors (Lipinski definition) is 2. The van der Waals surface area contributed by atoms with Crippen molar-refractivity contribution in [2.75, 3.05) is 6.61 Å². The fourth-order valence-electron chi connectivity index (χ4n) is 2.90. The summed E-state index contributed by atoms with van der Waals surface area (Å²) in [5.74, 6) is 0. The van der Waals surface area contributed by atoms with Crippen LogP contribution in [0.1, 0.15) is 64.1 Å². The summed E-state index contributed by atoms with van der Waals surface area (Å²) in [6.07, 6.45) is 9.16. The third-order valence-corrected chi connectivity index (χ3v) is 4.66. The Balaban J connectivity index is 1.92. The molecule has 1 aromatic heterocycles. The van der Waals surface area contributed by atoms with Crippen LogP contribution < -0.4 is 5.32 Å². The molecule has 1 fully saturated rings. The Morgan fingerprint density at radius 2 is 2.05 bits per heavy atom. The molecular weight excluding hydrogens is 238 g/mol. The van der Waals surface area contributed by atoms with Gasteiger partial charge in [-0.2, -0.15) is 5.10 Å². The molecule has 1 aromatic rings. The number of aliphatic hydroxyl groups excluding tert-OH is 1. The monoisotopic (exact) mass is 265 g/mol. The predicted molar refractivity (Wildman–Crippen MR) is 77.0 cm³/mol. The largest absolute Gasteiger partial charge is 0.394 e.